The van der Waals surface area contributed by atoms with Crippen LogP contribution >= 0.6 is 12.4 Å². The van der Waals surface area contributed by atoms with Crippen LogP contribution in [0.3, 0.4) is 0 Å². The number of unbranched alkanes of at least 4 members (excludes halogenated alkanes) is 1. The summed E-state index contributed by atoms with van der Waals surface area (Å²) < 4.78 is 0. The molecule has 0 aliphatic carbocycles. The van der Waals surface area contributed by atoms with Gasteiger partial charge in [-0.3, -0.25) is 9.59 Å². The molecular formula is C8H18ClN3O3. The largest absolute Gasteiger partial charge is 0.480 e. The van der Waals surface area contributed by atoms with E-state index in [1.807, 2.05) is 0 Å². The summed E-state index contributed by atoms with van der Waals surface area (Å²) in [4.78, 5) is 21.2. The second kappa shape index (κ2) is 9.70. The van der Waals surface area contributed by atoms with Gasteiger partial charge in [-0.05, 0) is 19.4 Å². The lowest BCUT2D eigenvalue weighted by atomic mass is 10.1. The van der Waals surface area contributed by atoms with E-state index in [0.717, 1.165) is 12.8 Å². The molecule has 1 atom stereocenters. The molecule has 6 nitrogen and oxygen atoms in total. The van der Waals surface area contributed by atoms with E-state index in [2.05, 4.69) is 5.32 Å². The number of hydrogen-bond acceptors (Lipinski definition) is 4. The molecule has 0 aliphatic heterocycles. The van der Waals surface area contributed by atoms with Crippen LogP contribution < -0.4 is 16.8 Å². The lowest BCUT2D eigenvalue weighted by Crippen LogP contribution is -2.42. The maximum atomic E-state index is 11.1. The highest BCUT2D eigenvalue weighted by Crippen LogP contribution is 1.97. The van der Waals surface area contributed by atoms with Crippen molar-refractivity contribution in [2.45, 2.75) is 25.3 Å². The van der Waals surface area contributed by atoms with Crippen molar-refractivity contribution in [1.82, 2.24) is 5.32 Å². The molecule has 6 N–H and O–H groups in total. The second-order valence-electron chi connectivity index (χ2n) is 3.00. The van der Waals surface area contributed by atoms with Crippen LogP contribution in [0.25, 0.3) is 0 Å². The number of nitrogens with two attached hydrogens (primary N) is 2. The van der Waals surface area contributed by atoms with Crippen LogP contribution in [0.5, 0.6) is 0 Å². The number of carboxylic acid groups (broad SMARTS) is 1. The lowest BCUT2D eigenvalue weighted by Gasteiger charge is -2.10. The van der Waals surface area contributed by atoms with Gasteiger partial charge in [-0.1, -0.05) is 6.42 Å². The molecule has 15 heavy (non-hydrogen) atoms. The number of carbonyl (C=O) groups is 2. The highest BCUT2D eigenvalue weighted by molar-refractivity contribution is 5.85. The minimum absolute atomic E-state index is 0. The molecule has 0 saturated heterocycles. The Morgan fingerprint density at radius 2 is 1.93 bits per heavy atom. The molecule has 7 heteroatoms. The van der Waals surface area contributed by atoms with Crippen LogP contribution in [0.15, 0.2) is 0 Å². The number of carboxylic acids is 1. The van der Waals surface area contributed by atoms with Gasteiger partial charge < -0.3 is 21.9 Å². The molecule has 0 radical (unpaired) electrons. The molecule has 0 aromatic carbocycles. The number of aliphatic carboxylic acids is 1. The van der Waals surface area contributed by atoms with E-state index in [1.54, 1.807) is 0 Å². The summed E-state index contributed by atoms with van der Waals surface area (Å²) in [6.07, 6.45) is 2.13. The van der Waals surface area contributed by atoms with Crippen molar-refractivity contribution in [3.8, 4) is 0 Å². The van der Waals surface area contributed by atoms with Crippen molar-refractivity contribution in [1.29, 1.82) is 0 Å². The number of nitrogens with one attached hydrogen (secondary N) is 1. The van der Waals surface area contributed by atoms with E-state index in [-0.39, 0.29) is 19.0 Å². The van der Waals surface area contributed by atoms with Crippen molar-refractivity contribution in [2.75, 3.05) is 13.1 Å². The van der Waals surface area contributed by atoms with Crippen molar-refractivity contribution in [3.63, 3.8) is 0 Å². The van der Waals surface area contributed by atoms with Crippen LogP contribution in [-0.4, -0.2) is 36.1 Å². The highest BCUT2D eigenvalue weighted by Gasteiger charge is 2.12. The molecule has 0 aliphatic rings. The first-order valence-corrected chi connectivity index (χ1v) is 4.53. The van der Waals surface area contributed by atoms with Crippen LogP contribution in [0, 0.1) is 0 Å². The molecule has 0 fully saturated rings. The zero-order valence-electron chi connectivity index (χ0n) is 8.44. The summed E-state index contributed by atoms with van der Waals surface area (Å²) in [7, 11) is 0. The molecule has 0 rings (SSSR count). The van der Waals surface area contributed by atoms with Crippen molar-refractivity contribution >= 4 is 24.3 Å². The predicted molar refractivity (Wildman–Crippen MR) is 58.8 cm³/mol. The monoisotopic (exact) mass is 239 g/mol. The third kappa shape index (κ3) is 9.45. The average molecular weight is 240 g/mol. The standard InChI is InChI=1S/C8H17N3O3.ClH/c9-4-2-1-3-6(10)8(14)11-5-7(12)13;/h6H,1-5,9-10H2,(H,11,14)(H,12,13);1H. The normalized spacial score (nSPS) is 11.3. The van der Waals surface area contributed by atoms with E-state index >= 15 is 0 Å². The van der Waals surface area contributed by atoms with E-state index in [1.165, 1.54) is 0 Å². The molecule has 1 amide bonds. The molecule has 0 bridgehead atoms. The fourth-order valence-electron chi connectivity index (χ4n) is 0.934. The van der Waals surface area contributed by atoms with Gasteiger partial charge in [-0.25, -0.2) is 0 Å². The van der Waals surface area contributed by atoms with E-state index < -0.39 is 17.9 Å². The highest BCUT2D eigenvalue weighted by atomic mass is 35.5. The summed E-state index contributed by atoms with van der Waals surface area (Å²) in [6.45, 7) is 0.187. The average Bonchev–Trinajstić information content (AvgIpc) is 2.14. The fourth-order valence-corrected chi connectivity index (χ4v) is 0.934. The lowest BCUT2D eigenvalue weighted by molar-refractivity contribution is -0.138. The number of carbonyl (C=O) groups excluding carboxylic acids is 1. The van der Waals surface area contributed by atoms with Crippen LogP contribution in [0.4, 0.5) is 0 Å². The molecule has 1 unspecified atom stereocenters. The smallest absolute Gasteiger partial charge is 0.322 e. The van der Waals surface area contributed by atoms with Gasteiger partial charge in [0.15, 0.2) is 0 Å². The Labute approximate surface area is 94.8 Å². The zero-order chi connectivity index (χ0) is 11.0. The molecule has 90 valence electrons. The van der Waals surface area contributed by atoms with Gasteiger partial charge in [0.25, 0.3) is 0 Å². The number of amides is 1. The zero-order valence-corrected chi connectivity index (χ0v) is 9.26. The van der Waals surface area contributed by atoms with Gasteiger partial charge in [0.2, 0.25) is 5.91 Å². The summed E-state index contributed by atoms with van der Waals surface area (Å²) in [5.41, 5.74) is 10.8. The Bertz CT molecular complexity index is 202. The maximum Gasteiger partial charge on any atom is 0.322 e. The van der Waals surface area contributed by atoms with E-state index in [9.17, 15) is 9.59 Å². The molecule has 0 heterocycles. The summed E-state index contributed by atoms with van der Waals surface area (Å²) in [6, 6.07) is -0.638. The maximum absolute atomic E-state index is 11.1. The first-order valence-electron chi connectivity index (χ1n) is 4.53. The van der Waals surface area contributed by atoms with Crippen LogP contribution in [-0.2, 0) is 9.59 Å². The van der Waals surface area contributed by atoms with Gasteiger partial charge >= 0.3 is 5.97 Å². The topological polar surface area (TPSA) is 118 Å². The molecule has 0 saturated carbocycles. The first kappa shape index (κ1) is 16.6. The van der Waals surface area contributed by atoms with Gasteiger partial charge in [0.1, 0.15) is 6.54 Å². The molecule has 0 spiro atoms. The SMILES string of the molecule is Cl.NCCCCC(N)C(=O)NCC(=O)O. The predicted octanol–water partition coefficient (Wildman–Crippen LogP) is -0.935. The van der Waals surface area contributed by atoms with Gasteiger partial charge in [0, 0.05) is 0 Å². The Morgan fingerprint density at radius 1 is 1.33 bits per heavy atom. The quantitative estimate of drug-likeness (QED) is 0.428. The van der Waals surface area contributed by atoms with Crippen LogP contribution in [0.1, 0.15) is 19.3 Å². The number of halogens is 1. The van der Waals surface area contributed by atoms with Crippen molar-refractivity contribution in [3.05, 3.63) is 0 Å². The van der Waals surface area contributed by atoms with Crippen molar-refractivity contribution in [2.24, 2.45) is 11.5 Å². The minimum atomic E-state index is -1.08. The fraction of sp³-hybridized carbons (Fsp3) is 0.750. The first-order chi connectivity index (χ1) is 6.57. The molecule has 0 aromatic heterocycles. The third-order valence-corrected chi connectivity index (χ3v) is 1.72. The summed E-state index contributed by atoms with van der Waals surface area (Å²) in [5.74, 6) is -1.50. The van der Waals surface area contributed by atoms with Crippen molar-refractivity contribution < 1.29 is 14.7 Å². The summed E-state index contributed by atoms with van der Waals surface area (Å²) >= 11 is 0. The Kier molecular flexibility index (Phi) is 10.7. The second-order valence-corrected chi connectivity index (χ2v) is 3.00. The Hall–Kier alpha value is -0.850. The third-order valence-electron chi connectivity index (χ3n) is 1.72. The Balaban J connectivity index is 0. The van der Waals surface area contributed by atoms with E-state index in [4.69, 9.17) is 16.6 Å². The summed E-state index contributed by atoms with van der Waals surface area (Å²) in [5, 5.41) is 10.5. The van der Waals surface area contributed by atoms with E-state index in [0.29, 0.717) is 13.0 Å². The van der Waals surface area contributed by atoms with Gasteiger partial charge in [0.05, 0.1) is 6.04 Å². The molecule has 0 aromatic rings. The Morgan fingerprint density at radius 3 is 2.40 bits per heavy atom. The van der Waals surface area contributed by atoms with Crippen LogP contribution in [0.2, 0.25) is 0 Å². The number of hydrogen-bond donors (Lipinski definition) is 4. The number of rotatable bonds is 7. The minimum Gasteiger partial charge on any atom is -0.480 e. The van der Waals surface area contributed by atoms with Gasteiger partial charge in [-0.15, -0.1) is 12.4 Å². The van der Waals surface area contributed by atoms with Gasteiger partial charge in [-0.2, -0.15) is 0 Å². The molecular weight excluding hydrogens is 222 g/mol.